The number of benzene rings is 1. The maximum Gasteiger partial charge on any atom is 0.408 e. The van der Waals surface area contributed by atoms with Gasteiger partial charge in [0.2, 0.25) is 0 Å². The molecular weight excluding hydrogens is 350 g/mol. The van der Waals surface area contributed by atoms with E-state index in [0.717, 1.165) is 10.0 Å². The van der Waals surface area contributed by atoms with E-state index in [2.05, 4.69) is 21.2 Å². The molecule has 0 aliphatic rings. The van der Waals surface area contributed by atoms with Gasteiger partial charge in [0.05, 0.1) is 6.61 Å². The third-order valence-electron chi connectivity index (χ3n) is 2.59. The minimum absolute atomic E-state index is 0.254. The molecule has 0 bridgehead atoms. The van der Waals surface area contributed by atoms with Crippen molar-refractivity contribution in [2.45, 2.75) is 45.8 Å². The normalized spacial score (nSPS) is 12.4. The molecule has 5 nitrogen and oxygen atoms in total. The summed E-state index contributed by atoms with van der Waals surface area (Å²) in [5.74, 6) is -0.478. The molecule has 0 spiro atoms. The molecule has 1 aromatic rings. The molecule has 0 fully saturated rings. The first kappa shape index (κ1) is 18.5. The molecule has 0 aliphatic heterocycles. The van der Waals surface area contributed by atoms with E-state index in [0.29, 0.717) is 6.42 Å². The molecule has 1 rings (SSSR count). The first-order valence-corrected chi connectivity index (χ1v) is 7.91. The monoisotopic (exact) mass is 371 g/mol. The SMILES string of the molecule is CCOC(=O)[C@H](Cc1cccc(Br)c1)NC(=O)OC(C)(C)C. The van der Waals surface area contributed by atoms with E-state index in [1.807, 2.05) is 24.3 Å². The summed E-state index contributed by atoms with van der Waals surface area (Å²) in [7, 11) is 0. The van der Waals surface area contributed by atoms with Gasteiger partial charge in [-0.05, 0) is 45.4 Å². The Morgan fingerprint density at radius 1 is 1.32 bits per heavy atom. The summed E-state index contributed by atoms with van der Waals surface area (Å²) in [6.07, 6.45) is -0.308. The Morgan fingerprint density at radius 2 is 2.00 bits per heavy atom. The molecule has 0 heterocycles. The third kappa shape index (κ3) is 6.93. The lowest BCUT2D eigenvalue weighted by molar-refractivity contribution is -0.145. The number of halogens is 1. The van der Waals surface area contributed by atoms with Gasteiger partial charge in [0.15, 0.2) is 0 Å². The minimum Gasteiger partial charge on any atom is -0.464 e. The highest BCUT2D eigenvalue weighted by atomic mass is 79.9. The topological polar surface area (TPSA) is 64.6 Å². The van der Waals surface area contributed by atoms with Gasteiger partial charge in [-0.3, -0.25) is 0 Å². The van der Waals surface area contributed by atoms with Crippen molar-refractivity contribution < 1.29 is 19.1 Å². The van der Waals surface area contributed by atoms with E-state index in [-0.39, 0.29) is 6.61 Å². The van der Waals surface area contributed by atoms with Gasteiger partial charge in [-0.25, -0.2) is 9.59 Å². The van der Waals surface area contributed by atoms with Crippen LogP contribution in [0.2, 0.25) is 0 Å². The number of alkyl carbamates (subject to hydrolysis) is 1. The van der Waals surface area contributed by atoms with E-state index >= 15 is 0 Å². The molecule has 1 N–H and O–H groups in total. The average Bonchev–Trinajstić information content (AvgIpc) is 2.36. The summed E-state index contributed by atoms with van der Waals surface area (Å²) in [6, 6.07) is 6.75. The lowest BCUT2D eigenvalue weighted by atomic mass is 10.1. The lowest BCUT2D eigenvalue weighted by Crippen LogP contribution is -2.45. The van der Waals surface area contributed by atoms with Crippen LogP contribution in [-0.4, -0.2) is 30.3 Å². The van der Waals surface area contributed by atoms with Crippen molar-refractivity contribution in [3.8, 4) is 0 Å². The Bertz CT molecular complexity index is 525. The van der Waals surface area contributed by atoms with Crippen molar-refractivity contribution in [1.82, 2.24) is 5.32 Å². The number of nitrogens with one attached hydrogen (secondary N) is 1. The minimum atomic E-state index is -0.788. The summed E-state index contributed by atoms with van der Waals surface area (Å²) in [6.45, 7) is 7.27. The summed E-state index contributed by atoms with van der Waals surface area (Å²) >= 11 is 3.38. The fraction of sp³-hybridized carbons (Fsp3) is 0.500. The number of hydrogen-bond acceptors (Lipinski definition) is 4. The second kappa shape index (κ2) is 8.17. The number of amides is 1. The summed E-state index contributed by atoms with van der Waals surface area (Å²) in [4.78, 5) is 23.9. The van der Waals surface area contributed by atoms with E-state index in [1.54, 1.807) is 27.7 Å². The van der Waals surface area contributed by atoms with Crippen LogP contribution >= 0.6 is 15.9 Å². The molecule has 6 heteroatoms. The molecule has 0 saturated carbocycles. The number of carbonyl (C=O) groups excluding carboxylic acids is 2. The molecule has 0 aliphatic carbocycles. The Labute approximate surface area is 139 Å². The van der Waals surface area contributed by atoms with Crippen molar-refractivity contribution >= 4 is 28.0 Å². The molecule has 1 atom stereocenters. The largest absolute Gasteiger partial charge is 0.464 e. The fourth-order valence-electron chi connectivity index (χ4n) is 1.79. The number of ether oxygens (including phenoxy) is 2. The first-order chi connectivity index (χ1) is 10.2. The molecule has 0 saturated heterocycles. The van der Waals surface area contributed by atoms with Gasteiger partial charge in [0.25, 0.3) is 0 Å². The van der Waals surface area contributed by atoms with Crippen LogP contribution in [0.15, 0.2) is 28.7 Å². The van der Waals surface area contributed by atoms with Crippen LogP contribution in [0.25, 0.3) is 0 Å². The predicted molar refractivity (Wildman–Crippen MR) is 87.6 cm³/mol. The fourth-order valence-corrected chi connectivity index (χ4v) is 2.23. The Morgan fingerprint density at radius 3 is 2.55 bits per heavy atom. The average molecular weight is 372 g/mol. The van der Waals surface area contributed by atoms with Gasteiger partial charge in [-0.1, -0.05) is 28.1 Å². The van der Waals surface area contributed by atoms with E-state index in [4.69, 9.17) is 9.47 Å². The predicted octanol–water partition coefficient (Wildman–Crippen LogP) is 3.45. The van der Waals surface area contributed by atoms with E-state index in [1.165, 1.54) is 0 Å². The number of rotatable bonds is 5. The zero-order chi connectivity index (χ0) is 16.8. The molecule has 0 unspecified atom stereocenters. The molecule has 0 aromatic heterocycles. The molecule has 0 radical (unpaired) electrons. The zero-order valence-electron chi connectivity index (χ0n) is 13.3. The van der Waals surface area contributed by atoms with Crippen LogP contribution in [0.3, 0.4) is 0 Å². The van der Waals surface area contributed by atoms with Gasteiger partial charge < -0.3 is 14.8 Å². The third-order valence-corrected chi connectivity index (χ3v) is 3.08. The Kier molecular flexibility index (Phi) is 6.87. The summed E-state index contributed by atoms with van der Waals surface area (Å²) in [5.41, 5.74) is 0.280. The molecular formula is C16H22BrNO4. The highest BCUT2D eigenvalue weighted by Crippen LogP contribution is 2.14. The van der Waals surface area contributed by atoms with Crippen molar-refractivity contribution in [2.75, 3.05) is 6.61 Å². The van der Waals surface area contributed by atoms with Crippen LogP contribution < -0.4 is 5.32 Å². The second-order valence-corrected chi connectivity index (χ2v) is 6.70. The lowest BCUT2D eigenvalue weighted by Gasteiger charge is -2.23. The molecule has 122 valence electrons. The van der Waals surface area contributed by atoms with Crippen LogP contribution in [0.5, 0.6) is 0 Å². The summed E-state index contributed by atoms with van der Waals surface area (Å²) < 4.78 is 11.1. The van der Waals surface area contributed by atoms with E-state index in [9.17, 15) is 9.59 Å². The maximum absolute atomic E-state index is 12.0. The number of carbonyl (C=O) groups is 2. The van der Waals surface area contributed by atoms with Crippen molar-refractivity contribution in [3.05, 3.63) is 34.3 Å². The standard InChI is InChI=1S/C16H22BrNO4/c1-5-21-14(19)13(18-15(20)22-16(2,3)4)10-11-7-6-8-12(17)9-11/h6-9,13H,5,10H2,1-4H3,(H,18,20)/t13-/m0/s1. The highest BCUT2D eigenvalue weighted by Gasteiger charge is 2.25. The van der Waals surface area contributed by atoms with Crippen molar-refractivity contribution in [3.63, 3.8) is 0 Å². The zero-order valence-corrected chi connectivity index (χ0v) is 14.9. The van der Waals surface area contributed by atoms with Gasteiger partial charge >= 0.3 is 12.1 Å². The maximum atomic E-state index is 12.0. The van der Waals surface area contributed by atoms with Gasteiger partial charge in [0, 0.05) is 10.9 Å². The smallest absolute Gasteiger partial charge is 0.408 e. The Hall–Kier alpha value is -1.56. The van der Waals surface area contributed by atoms with Crippen LogP contribution in [0.4, 0.5) is 4.79 Å². The number of hydrogen-bond donors (Lipinski definition) is 1. The first-order valence-electron chi connectivity index (χ1n) is 7.12. The molecule has 1 aromatic carbocycles. The molecule has 1 amide bonds. The van der Waals surface area contributed by atoms with Crippen LogP contribution in [0, 0.1) is 0 Å². The van der Waals surface area contributed by atoms with Gasteiger partial charge in [-0.15, -0.1) is 0 Å². The Balaban J connectivity index is 2.80. The van der Waals surface area contributed by atoms with Gasteiger partial charge in [-0.2, -0.15) is 0 Å². The number of esters is 1. The molecule has 22 heavy (non-hydrogen) atoms. The summed E-state index contributed by atoms with van der Waals surface area (Å²) in [5, 5.41) is 2.58. The van der Waals surface area contributed by atoms with Crippen molar-refractivity contribution in [1.29, 1.82) is 0 Å². The highest BCUT2D eigenvalue weighted by molar-refractivity contribution is 9.10. The quantitative estimate of drug-likeness (QED) is 0.805. The van der Waals surface area contributed by atoms with Crippen LogP contribution in [-0.2, 0) is 20.7 Å². The van der Waals surface area contributed by atoms with E-state index < -0.39 is 23.7 Å². The van der Waals surface area contributed by atoms with Crippen molar-refractivity contribution in [2.24, 2.45) is 0 Å². The second-order valence-electron chi connectivity index (χ2n) is 5.78. The van der Waals surface area contributed by atoms with Crippen LogP contribution in [0.1, 0.15) is 33.3 Å². The van der Waals surface area contributed by atoms with Gasteiger partial charge in [0.1, 0.15) is 11.6 Å².